The normalized spacial score (nSPS) is 11.4. The summed E-state index contributed by atoms with van der Waals surface area (Å²) in [6.45, 7) is 15.8. The minimum absolute atomic E-state index is 0.956. The van der Waals surface area contributed by atoms with Crippen molar-refractivity contribution in [1.82, 2.24) is 10.0 Å². The van der Waals surface area contributed by atoms with Crippen LogP contribution in [0.2, 0.25) is 0 Å². The summed E-state index contributed by atoms with van der Waals surface area (Å²) in [4.78, 5) is 0.957. The molecule has 0 fully saturated rings. The zero-order valence-electron chi connectivity index (χ0n) is 13.3. The molecule has 0 radical (unpaired) electrons. The molecule has 0 saturated carbocycles. The lowest BCUT2D eigenvalue weighted by molar-refractivity contribution is 0.719. The lowest BCUT2D eigenvalue weighted by Crippen LogP contribution is -2.19. The van der Waals surface area contributed by atoms with Gasteiger partial charge in [-0.05, 0) is 50.5 Å². The van der Waals surface area contributed by atoms with Crippen molar-refractivity contribution in [1.29, 1.82) is 0 Å². The maximum atomic E-state index is 3.83. The molecule has 0 spiro atoms. The van der Waals surface area contributed by atoms with Gasteiger partial charge >= 0.3 is 0 Å². The second-order valence-electron chi connectivity index (χ2n) is 3.94. The van der Waals surface area contributed by atoms with Crippen molar-refractivity contribution in [2.24, 2.45) is 0 Å². The van der Waals surface area contributed by atoms with E-state index in [9.17, 15) is 0 Å². The zero-order chi connectivity index (χ0) is 15.8. The first-order valence-corrected chi connectivity index (χ1v) is 8.59. The van der Waals surface area contributed by atoms with Gasteiger partial charge in [0.2, 0.25) is 0 Å². The Bertz CT molecular complexity index is 320. The van der Waals surface area contributed by atoms with E-state index in [1.807, 2.05) is 0 Å². The summed E-state index contributed by atoms with van der Waals surface area (Å²) in [6, 6.07) is 0. The maximum Gasteiger partial charge on any atom is 0.0323 e. The van der Waals surface area contributed by atoms with Crippen LogP contribution in [0, 0.1) is 0 Å². The first-order chi connectivity index (χ1) is 9.65. The van der Waals surface area contributed by atoms with Gasteiger partial charge in [-0.15, -0.1) is 0 Å². The van der Waals surface area contributed by atoms with Crippen molar-refractivity contribution in [3.63, 3.8) is 0 Å². The van der Waals surface area contributed by atoms with Crippen molar-refractivity contribution in [3.8, 4) is 0 Å². The highest BCUT2D eigenvalue weighted by Crippen LogP contribution is 2.09. The summed E-state index contributed by atoms with van der Waals surface area (Å²) < 4.78 is 3.25. The van der Waals surface area contributed by atoms with Gasteiger partial charge in [-0.1, -0.05) is 38.3 Å². The second-order valence-corrected chi connectivity index (χ2v) is 4.96. The summed E-state index contributed by atoms with van der Waals surface area (Å²) in [5.41, 5.74) is 2.56. The molecule has 0 bridgehead atoms. The van der Waals surface area contributed by atoms with Crippen LogP contribution in [0.25, 0.3) is 0 Å². The van der Waals surface area contributed by atoms with Crippen LogP contribution >= 0.6 is 24.6 Å². The summed E-state index contributed by atoms with van der Waals surface area (Å²) >= 11 is 5.07. The van der Waals surface area contributed by atoms with Crippen LogP contribution in [-0.2, 0) is 0 Å². The molecule has 0 unspecified atom stereocenters. The molecule has 0 atom stereocenters. The number of nitrogens with one attached hydrogen (secondary N) is 2. The SMILES string of the molecule is C=CC(=C)SNCCCNC(=C/C)/C(C)=C/CC.CS. The third kappa shape index (κ3) is 12.5. The number of hydrogen-bond acceptors (Lipinski definition) is 4. The van der Waals surface area contributed by atoms with Crippen LogP contribution in [0.1, 0.15) is 33.6 Å². The van der Waals surface area contributed by atoms with Crippen LogP contribution in [0.3, 0.4) is 0 Å². The fourth-order valence-corrected chi connectivity index (χ4v) is 1.97. The monoisotopic (exact) mass is 314 g/mol. The van der Waals surface area contributed by atoms with E-state index >= 15 is 0 Å². The van der Waals surface area contributed by atoms with Crippen LogP contribution in [0.4, 0.5) is 0 Å². The molecule has 4 heteroatoms. The highest BCUT2D eigenvalue weighted by Gasteiger charge is 1.97. The van der Waals surface area contributed by atoms with Crippen LogP contribution in [0.15, 0.2) is 47.6 Å². The second kappa shape index (κ2) is 16.5. The Hall–Kier alpha value is -0.580. The topological polar surface area (TPSA) is 24.1 Å². The smallest absolute Gasteiger partial charge is 0.0323 e. The van der Waals surface area contributed by atoms with E-state index in [0.717, 1.165) is 30.8 Å². The third-order valence-electron chi connectivity index (χ3n) is 2.43. The fourth-order valence-electron chi connectivity index (χ4n) is 1.45. The molecular formula is C16H30N2S2. The number of hydrogen-bond donors (Lipinski definition) is 3. The first-order valence-electron chi connectivity index (χ1n) is 6.88. The van der Waals surface area contributed by atoms with Gasteiger partial charge in [-0.2, -0.15) is 12.6 Å². The highest BCUT2D eigenvalue weighted by atomic mass is 32.2. The summed E-state index contributed by atoms with van der Waals surface area (Å²) in [5.74, 6) is 0. The fraction of sp³-hybridized carbons (Fsp3) is 0.500. The predicted octanol–water partition coefficient (Wildman–Crippen LogP) is 4.71. The molecule has 0 amide bonds. The van der Waals surface area contributed by atoms with Gasteiger partial charge in [0.25, 0.3) is 0 Å². The van der Waals surface area contributed by atoms with E-state index in [2.05, 4.69) is 68.7 Å². The molecule has 2 N–H and O–H groups in total. The molecule has 0 saturated heterocycles. The van der Waals surface area contributed by atoms with E-state index in [0.29, 0.717) is 0 Å². The molecule has 0 rings (SSSR count). The van der Waals surface area contributed by atoms with Crippen molar-refractivity contribution in [2.45, 2.75) is 33.6 Å². The Morgan fingerprint density at radius 2 is 1.95 bits per heavy atom. The molecule has 0 aliphatic rings. The quantitative estimate of drug-likeness (QED) is 0.236. The molecule has 2 nitrogen and oxygen atoms in total. The predicted molar refractivity (Wildman–Crippen MR) is 100 cm³/mol. The molecule has 0 aromatic rings. The Morgan fingerprint density at radius 1 is 1.30 bits per heavy atom. The molecule has 0 aliphatic heterocycles. The zero-order valence-corrected chi connectivity index (χ0v) is 15.0. The van der Waals surface area contributed by atoms with Crippen molar-refractivity contribution < 1.29 is 0 Å². The lowest BCUT2D eigenvalue weighted by atomic mass is 10.1. The van der Waals surface area contributed by atoms with Gasteiger partial charge in [-0.25, -0.2) is 0 Å². The molecule has 0 aliphatic carbocycles. The number of thiol groups is 1. The molecule has 0 heterocycles. The molecule has 20 heavy (non-hydrogen) atoms. The number of rotatable bonds is 10. The van der Waals surface area contributed by atoms with Crippen molar-refractivity contribution >= 4 is 24.6 Å². The summed E-state index contributed by atoms with van der Waals surface area (Å²) in [5, 5.41) is 3.46. The van der Waals surface area contributed by atoms with Gasteiger partial charge in [0.1, 0.15) is 0 Å². The lowest BCUT2D eigenvalue weighted by Gasteiger charge is -2.11. The van der Waals surface area contributed by atoms with E-state index in [1.54, 1.807) is 12.3 Å². The van der Waals surface area contributed by atoms with E-state index in [4.69, 9.17) is 0 Å². The third-order valence-corrected chi connectivity index (χ3v) is 3.20. The molecule has 0 aromatic heterocycles. The summed E-state index contributed by atoms with van der Waals surface area (Å²) in [6.07, 6.45) is 9.97. The Labute approximate surface area is 135 Å². The molecular weight excluding hydrogens is 284 g/mol. The van der Waals surface area contributed by atoms with Gasteiger partial charge in [0, 0.05) is 23.7 Å². The Balaban J connectivity index is 0. The van der Waals surface area contributed by atoms with Gasteiger partial charge < -0.3 is 5.32 Å². The largest absolute Gasteiger partial charge is 0.385 e. The van der Waals surface area contributed by atoms with E-state index < -0.39 is 0 Å². The Kier molecular flexibility index (Phi) is 17.9. The minimum Gasteiger partial charge on any atom is -0.385 e. The van der Waals surface area contributed by atoms with Crippen LogP contribution in [-0.4, -0.2) is 19.3 Å². The average molecular weight is 315 g/mol. The van der Waals surface area contributed by atoms with E-state index in [-0.39, 0.29) is 0 Å². The highest BCUT2D eigenvalue weighted by molar-refractivity contribution is 8.01. The standard InChI is InChI=1S/C15H26N2S.CH4S/c1-6-10-13(4)15(8-3)16-11-9-12-17-18-14(5)7-2;1-2/h7-8,10,16-17H,2,5-6,9,11-12H2,1,3-4H3;2H,1H3/b13-10+,15-8+;. The van der Waals surface area contributed by atoms with Crippen LogP contribution in [0.5, 0.6) is 0 Å². The molecule has 116 valence electrons. The Morgan fingerprint density at radius 3 is 2.45 bits per heavy atom. The maximum absolute atomic E-state index is 3.83. The van der Waals surface area contributed by atoms with Crippen LogP contribution < -0.4 is 10.0 Å². The minimum atomic E-state index is 0.956. The average Bonchev–Trinajstić information content (AvgIpc) is 2.48. The summed E-state index contributed by atoms with van der Waals surface area (Å²) in [7, 11) is 0. The molecule has 0 aromatic carbocycles. The van der Waals surface area contributed by atoms with Gasteiger partial charge in [-0.3, -0.25) is 4.72 Å². The van der Waals surface area contributed by atoms with Crippen molar-refractivity contribution in [2.75, 3.05) is 19.3 Å². The van der Waals surface area contributed by atoms with Crippen molar-refractivity contribution in [3.05, 3.63) is 47.6 Å². The van der Waals surface area contributed by atoms with E-state index in [1.165, 1.54) is 23.2 Å². The van der Waals surface area contributed by atoms with Gasteiger partial charge in [0.05, 0.1) is 0 Å². The first kappa shape index (κ1) is 21.7. The number of allylic oxidation sites excluding steroid dienone is 4. The van der Waals surface area contributed by atoms with Gasteiger partial charge in [0.15, 0.2) is 0 Å².